The van der Waals surface area contributed by atoms with Gasteiger partial charge >= 0.3 is 6.09 Å². The van der Waals surface area contributed by atoms with E-state index in [0.717, 1.165) is 48.7 Å². The number of hydrogen-bond donors (Lipinski definition) is 3. The summed E-state index contributed by atoms with van der Waals surface area (Å²) in [5, 5.41) is 34.0. The van der Waals surface area contributed by atoms with Gasteiger partial charge in [-0.25, -0.2) is 4.79 Å². The molecule has 3 aromatic rings. The van der Waals surface area contributed by atoms with Crippen LogP contribution >= 0.6 is 0 Å². The highest BCUT2D eigenvalue weighted by molar-refractivity contribution is 6.03. The Morgan fingerprint density at radius 1 is 0.905 bits per heavy atom. The average molecular weight is 871 g/mol. The molecule has 3 aromatic carbocycles. The van der Waals surface area contributed by atoms with E-state index in [1.807, 2.05) is 48.5 Å². The number of amides is 1. The smallest absolute Gasteiger partial charge is 0.410 e. The Labute approximate surface area is 370 Å². The Kier molecular flexibility index (Phi) is 18.1. The van der Waals surface area contributed by atoms with Crippen molar-refractivity contribution in [1.82, 2.24) is 4.90 Å². The fraction of sp³-hybridized carbons (Fsp3) is 0.490. The number of aldehydes is 1. The largest absolute Gasteiger partial charge is 0.459 e. The number of carbonyl (C=O) groups excluding carboxylic acids is 2. The Morgan fingerprint density at radius 2 is 1.70 bits per heavy atom. The first-order valence-electron chi connectivity index (χ1n) is 22.0. The van der Waals surface area contributed by atoms with Gasteiger partial charge in [-0.05, 0) is 79.0 Å². The molecule has 1 fully saturated rings. The summed E-state index contributed by atoms with van der Waals surface area (Å²) >= 11 is 0. The molecular weight excluding hydrogens is 809 g/mol. The van der Waals surface area contributed by atoms with Gasteiger partial charge in [0, 0.05) is 43.2 Å². The van der Waals surface area contributed by atoms with Gasteiger partial charge in [0.15, 0.2) is 0 Å². The highest BCUT2D eigenvalue weighted by Crippen LogP contribution is 2.62. The maximum Gasteiger partial charge on any atom is 0.410 e. The lowest BCUT2D eigenvalue weighted by Crippen LogP contribution is -2.70. The summed E-state index contributed by atoms with van der Waals surface area (Å²) in [6.07, 6.45) is 8.58. The Morgan fingerprint density at radius 3 is 2.44 bits per heavy atom. The minimum absolute atomic E-state index is 0.00964. The van der Waals surface area contributed by atoms with Crippen LogP contribution in [0.5, 0.6) is 17.2 Å². The topological polar surface area (TPSA) is 175 Å². The van der Waals surface area contributed by atoms with E-state index in [-0.39, 0.29) is 83.6 Å². The zero-order valence-electron chi connectivity index (χ0n) is 36.2. The van der Waals surface area contributed by atoms with Crippen LogP contribution in [0.4, 0.5) is 4.79 Å². The van der Waals surface area contributed by atoms with Crippen molar-refractivity contribution in [2.75, 3.05) is 66.5 Å². The van der Waals surface area contributed by atoms with Gasteiger partial charge in [0.2, 0.25) is 5.79 Å². The standard InChI is InChI=1S/C49H62N2O12/c1-3-24-61-49-45(51(20-25-58-26-23-54)48(56)60-28-27-59-34-35-12-5-4-6-13-35)32-43(50-57-2)41-30-37(15-7-9-21-52)40(17-8-10-22-53)46(47(41)49)42-31-39(18-19-44(42)63-49)62-38-16-11-14-36(29-38)33-55/h3-6,11-14,16,18-19,29-31,33,37,40,45-47,52-54H,1,7-10,15,17,20-28,32,34H2,2H3. The van der Waals surface area contributed by atoms with Crippen LogP contribution in [0, 0.1) is 17.8 Å². The molecule has 3 N–H and O–H groups in total. The summed E-state index contributed by atoms with van der Waals surface area (Å²) in [6, 6.07) is 21.5. The molecule has 3 aliphatic rings. The molecule has 6 rings (SSSR count). The Hall–Kier alpha value is -5.09. The minimum Gasteiger partial charge on any atom is -0.459 e. The van der Waals surface area contributed by atoms with Crippen molar-refractivity contribution in [1.29, 1.82) is 0 Å². The first-order valence-corrected chi connectivity index (χ1v) is 22.0. The number of allylic oxidation sites excluding steroid dienone is 1. The van der Waals surface area contributed by atoms with Crippen molar-refractivity contribution < 1.29 is 58.2 Å². The molecule has 1 aliphatic heterocycles. The summed E-state index contributed by atoms with van der Waals surface area (Å²) in [4.78, 5) is 33.3. The van der Waals surface area contributed by atoms with Crippen molar-refractivity contribution in [2.24, 2.45) is 22.9 Å². The van der Waals surface area contributed by atoms with Crippen LogP contribution in [0.2, 0.25) is 0 Å². The summed E-state index contributed by atoms with van der Waals surface area (Å²) in [7, 11) is 1.50. The van der Waals surface area contributed by atoms with E-state index in [4.69, 9.17) is 33.3 Å². The van der Waals surface area contributed by atoms with E-state index < -0.39 is 23.8 Å². The van der Waals surface area contributed by atoms with E-state index in [1.54, 1.807) is 35.2 Å². The number of nitrogens with zero attached hydrogens (tertiary/aromatic N) is 2. The molecule has 0 radical (unpaired) electrons. The highest BCUT2D eigenvalue weighted by Gasteiger charge is 2.65. The van der Waals surface area contributed by atoms with Crippen molar-refractivity contribution in [2.45, 2.75) is 69.3 Å². The second kappa shape index (κ2) is 24.1. The zero-order chi connectivity index (χ0) is 44.4. The fourth-order valence-corrected chi connectivity index (χ4v) is 9.35. The molecule has 340 valence electrons. The molecule has 0 spiro atoms. The monoisotopic (exact) mass is 870 g/mol. The molecule has 0 bridgehead atoms. The van der Waals surface area contributed by atoms with Crippen molar-refractivity contribution in [3.05, 3.63) is 114 Å². The molecule has 6 unspecified atom stereocenters. The van der Waals surface area contributed by atoms with E-state index in [2.05, 4.69) is 17.8 Å². The van der Waals surface area contributed by atoms with Crippen LogP contribution in [-0.4, -0.2) is 117 Å². The third-order valence-corrected chi connectivity index (χ3v) is 12.0. The number of benzene rings is 3. The summed E-state index contributed by atoms with van der Waals surface area (Å²) in [5.74, 6) is -0.746. The number of unbranched alkanes of at least 4 members (excludes halogenated alkanes) is 2. The van der Waals surface area contributed by atoms with Crippen LogP contribution < -0.4 is 9.47 Å². The first-order chi connectivity index (χ1) is 30.9. The fourth-order valence-electron chi connectivity index (χ4n) is 9.35. The SMILES string of the molecule is C=CCOC12Oc3ccc(Oc4cccc(C=O)c4)cc3C3C(CCCCO)C(CCCCO)C=C(C(=NOC)CC1N(CCOCCO)C(=O)OCCOCc1ccccc1)C32. The van der Waals surface area contributed by atoms with Gasteiger partial charge in [0.1, 0.15) is 43.3 Å². The number of fused-ring (bicyclic) bond motifs is 2. The molecule has 6 atom stereocenters. The van der Waals surface area contributed by atoms with E-state index in [0.29, 0.717) is 48.0 Å². The third-order valence-electron chi connectivity index (χ3n) is 12.0. The minimum atomic E-state index is -1.52. The highest BCUT2D eigenvalue weighted by atomic mass is 16.7. The molecular formula is C49H62N2O12. The number of oxime groups is 1. The summed E-state index contributed by atoms with van der Waals surface area (Å²) in [5.41, 5.74) is 3.86. The number of aliphatic hydroxyl groups is 3. The van der Waals surface area contributed by atoms with Gasteiger partial charge < -0.3 is 48.6 Å². The Bertz CT molecular complexity index is 1990. The lowest BCUT2D eigenvalue weighted by Gasteiger charge is -2.59. The number of rotatable bonds is 26. The lowest BCUT2D eigenvalue weighted by atomic mass is 9.55. The molecule has 2 aliphatic carbocycles. The van der Waals surface area contributed by atoms with Crippen LogP contribution in [0.15, 0.2) is 102 Å². The van der Waals surface area contributed by atoms with Gasteiger partial charge in [-0.3, -0.25) is 9.69 Å². The van der Waals surface area contributed by atoms with Gasteiger partial charge in [-0.2, -0.15) is 0 Å². The van der Waals surface area contributed by atoms with E-state index in [1.165, 1.54) is 7.11 Å². The predicted molar refractivity (Wildman–Crippen MR) is 236 cm³/mol. The van der Waals surface area contributed by atoms with E-state index in [9.17, 15) is 24.9 Å². The third kappa shape index (κ3) is 11.7. The summed E-state index contributed by atoms with van der Waals surface area (Å²) in [6.45, 7) is 4.75. The van der Waals surface area contributed by atoms with Gasteiger partial charge in [-0.1, -0.05) is 72.6 Å². The predicted octanol–water partition coefficient (Wildman–Crippen LogP) is 7.22. The molecule has 14 nitrogen and oxygen atoms in total. The molecule has 0 aromatic heterocycles. The molecule has 0 saturated heterocycles. The first kappa shape index (κ1) is 47.4. The summed E-state index contributed by atoms with van der Waals surface area (Å²) < 4.78 is 38.2. The number of ether oxygens (including phenoxy) is 6. The van der Waals surface area contributed by atoms with Crippen molar-refractivity contribution >= 4 is 18.1 Å². The van der Waals surface area contributed by atoms with Gasteiger partial charge in [0.05, 0.1) is 51.3 Å². The molecule has 1 heterocycles. The van der Waals surface area contributed by atoms with E-state index >= 15 is 0 Å². The molecule has 1 amide bonds. The molecule has 14 heteroatoms. The maximum atomic E-state index is 14.5. The second-order valence-corrected chi connectivity index (χ2v) is 15.9. The number of carbonyl (C=O) groups is 2. The number of aliphatic hydroxyl groups excluding tert-OH is 3. The Balaban J connectivity index is 1.47. The van der Waals surface area contributed by atoms with Crippen LogP contribution in [0.3, 0.4) is 0 Å². The van der Waals surface area contributed by atoms with Gasteiger partial charge in [0.25, 0.3) is 0 Å². The number of hydrogen-bond acceptors (Lipinski definition) is 13. The molecule has 1 saturated carbocycles. The van der Waals surface area contributed by atoms with Crippen molar-refractivity contribution in [3.63, 3.8) is 0 Å². The van der Waals surface area contributed by atoms with Gasteiger partial charge in [-0.15, -0.1) is 6.58 Å². The normalized spacial score (nSPS) is 22.8. The zero-order valence-corrected chi connectivity index (χ0v) is 36.2. The average Bonchev–Trinajstić information content (AvgIpc) is 3.30. The quantitative estimate of drug-likeness (QED) is 0.0320. The lowest BCUT2D eigenvalue weighted by molar-refractivity contribution is -0.256. The van der Waals surface area contributed by atoms with Crippen molar-refractivity contribution in [3.8, 4) is 17.2 Å². The van der Waals surface area contributed by atoms with Crippen LogP contribution in [0.25, 0.3) is 0 Å². The molecule has 63 heavy (non-hydrogen) atoms. The van der Waals surface area contributed by atoms with Crippen LogP contribution in [-0.2, 0) is 30.4 Å². The maximum absolute atomic E-state index is 14.5. The second-order valence-electron chi connectivity index (χ2n) is 15.9. The van der Waals surface area contributed by atoms with Crippen LogP contribution in [0.1, 0.15) is 72.3 Å².